The zero-order valence-corrected chi connectivity index (χ0v) is 14.6. The Balaban J connectivity index is 1.36. The van der Waals surface area contributed by atoms with E-state index in [4.69, 9.17) is 0 Å². The molecule has 0 unspecified atom stereocenters. The van der Waals surface area contributed by atoms with Crippen LogP contribution in [0.2, 0.25) is 0 Å². The van der Waals surface area contributed by atoms with Gasteiger partial charge in [-0.15, -0.1) is 0 Å². The Morgan fingerprint density at radius 1 is 1.12 bits per heavy atom. The number of aromatic nitrogens is 3. The number of hydrogen-bond acceptors (Lipinski definition) is 3. The molecule has 1 amide bonds. The molecule has 4 rings (SSSR count). The first-order valence-corrected chi connectivity index (χ1v) is 9.05. The highest BCUT2D eigenvalue weighted by Gasteiger charge is 2.25. The van der Waals surface area contributed by atoms with Crippen molar-refractivity contribution in [1.82, 2.24) is 20.1 Å². The Hall–Kier alpha value is -2.95. The van der Waals surface area contributed by atoms with Crippen molar-refractivity contribution in [3.63, 3.8) is 0 Å². The first kappa shape index (κ1) is 16.5. The van der Waals surface area contributed by atoms with Crippen LogP contribution in [-0.2, 0) is 24.3 Å². The van der Waals surface area contributed by atoms with Crippen LogP contribution in [0, 0.1) is 0 Å². The third-order valence-corrected chi connectivity index (χ3v) is 4.99. The first-order valence-electron chi connectivity index (χ1n) is 9.05. The Morgan fingerprint density at radius 2 is 1.92 bits per heavy atom. The molecule has 2 aromatic carbocycles. The first-order chi connectivity index (χ1) is 12.8. The molecule has 1 aliphatic rings. The zero-order valence-electron chi connectivity index (χ0n) is 14.6. The van der Waals surface area contributed by atoms with Crippen molar-refractivity contribution in [2.75, 3.05) is 0 Å². The smallest absolute Gasteiger partial charge is 0.227 e. The number of aryl methyl sites for hydroxylation is 1. The Bertz CT molecular complexity index is 871. The lowest BCUT2D eigenvalue weighted by Gasteiger charge is -2.24. The molecule has 0 saturated carbocycles. The molecule has 1 aliphatic carbocycles. The van der Waals surface area contributed by atoms with Gasteiger partial charge in [0.1, 0.15) is 12.7 Å². The van der Waals surface area contributed by atoms with Gasteiger partial charge >= 0.3 is 0 Å². The van der Waals surface area contributed by atoms with E-state index in [-0.39, 0.29) is 11.8 Å². The number of carbonyl (C=O) groups is 1. The topological polar surface area (TPSA) is 59.8 Å². The average Bonchev–Trinajstić information content (AvgIpc) is 3.20. The Kier molecular flexibility index (Phi) is 4.78. The van der Waals surface area contributed by atoms with E-state index in [1.54, 1.807) is 11.0 Å². The summed E-state index contributed by atoms with van der Waals surface area (Å²) in [5.41, 5.74) is 4.77. The number of fused-ring (bicyclic) bond motifs is 1. The Labute approximate surface area is 153 Å². The van der Waals surface area contributed by atoms with Gasteiger partial charge in [0, 0.05) is 6.54 Å². The predicted molar refractivity (Wildman–Crippen MR) is 99.5 cm³/mol. The molecule has 5 nitrogen and oxygen atoms in total. The molecule has 0 radical (unpaired) electrons. The van der Waals surface area contributed by atoms with Gasteiger partial charge < -0.3 is 5.32 Å². The summed E-state index contributed by atoms with van der Waals surface area (Å²) >= 11 is 0. The zero-order chi connectivity index (χ0) is 17.8. The number of benzene rings is 2. The summed E-state index contributed by atoms with van der Waals surface area (Å²) in [7, 11) is 0. The van der Waals surface area contributed by atoms with Crippen molar-refractivity contribution in [3.05, 3.63) is 83.4 Å². The molecule has 132 valence electrons. The van der Waals surface area contributed by atoms with Crippen LogP contribution >= 0.6 is 0 Å². The van der Waals surface area contributed by atoms with Gasteiger partial charge in [-0.2, -0.15) is 5.10 Å². The monoisotopic (exact) mass is 346 g/mol. The molecule has 1 N–H and O–H groups in total. The van der Waals surface area contributed by atoms with Crippen LogP contribution in [0.15, 0.2) is 61.2 Å². The minimum Gasteiger partial charge on any atom is -0.351 e. The van der Waals surface area contributed by atoms with Crippen molar-refractivity contribution >= 4 is 5.91 Å². The van der Waals surface area contributed by atoms with Gasteiger partial charge in [-0.25, -0.2) is 9.67 Å². The molecule has 0 saturated heterocycles. The predicted octanol–water partition coefficient (Wildman–Crippen LogP) is 3.06. The Morgan fingerprint density at radius 3 is 2.73 bits per heavy atom. The standard InChI is InChI=1S/C21H22N4O/c26-21(20-7-3-5-18-4-1-2-6-19(18)20)23-12-16-8-10-17(11-9-16)13-25-15-22-14-24-25/h1-2,4,6,8-11,14-15,20H,3,5,7,12-13H2,(H,23,26)/t20-/m1/s1. The van der Waals surface area contributed by atoms with Gasteiger partial charge in [-0.1, -0.05) is 48.5 Å². The summed E-state index contributed by atoms with van der Waals surface area (Å²) in [6.45, 7) is 1.26. The normalized spacial score (nSPS) is 16.1. The SMILES string of the molecule is O=C(NCc1ccc(Cn2cncn2)cc1)[C@@H]1CCCc2ccccc21. The van der Waals surface area contributed by atoms with Crippen molar-refractivity contribution in [3.8, 4) is 0 Å². The largest absolute Gasteiger partial charge is 0.351 e. The molecular formula is C21H22N4O. The number of carbonyl (C=O) groups excluding carboxylic acids is 1. The van der Waals surface area contributed by atoms with Crippen molar-refractivity contribution < 1.29 is 4.79 Å². The highest BCUT2D eigenvalue weighted by Crippen LogP contribution is 2.31. The summed E-state index contributed by atoms with van der Waals surface area (Å²) in [6.07, 6.45) is 6.32. The molecule has 0 spiro atoms. The molecule has 3 aromatic rings. The number of amides is 1. The van der Waals surface area contributed by atoms with E-state index in [2.05, 4.69) is 57.9 Å². The van der Waals surface area contributed by atoms with E-state index >= 15 is 0 Å². The number of nitrogens with zero attached hydrogens (tertiary/aromatic N) is 3. The molecule has 1 heterocycles. The van der Waals surface area contributed by atoms with E-state index in [1.165, 1.54) is 17.5 Å². The van der Waals surface area contributed by atoms with Crippen LogP contribution in [0.4, 0.5) is 0 Å². The highest BCUT2D eigenvalue weighted by atomic mass is 16.1. The third kappa shape index (κ3) is 3.67. The van der Waals surface area contributed by atoms with E-state index in [1.807, 2.05) is 6.07 Å². The van der Waals surface area contributed by atoms with E-state index in [9.17, 15) is 4.79 Å². The molecule has 26 heavy (non-hydrogen) atoms. The van der Waals surface area contributed by atoms with Gasteiger partial charge in [-0.05, 0) is 41.5 Å². The maximum absolute atomic E-state index is 12.7. The number of hydrogen-bond donors (Lipinski definition) is 1. The fraction of sp³-hybridized carbons (Fsp3) is 0.286. The summed E-state index contributed by atoms with van der Waals surface area (Å²) in [5, 5.41) is 7.22. The van der Waals surface area contributed by atoms with Crippen LogP contribution in [0.3, 0.4) is 0 Å². The average molecular weight is 346 g/mol. The second-order valence-electron chi connectivity index (χ2n) is 6.77. The lowest BCUT2D eigenvalue weighted by atomic mass is 9.82. The molecule has 0 fully saturated rings. The minimum atomic E-state index is -0.0217. The van der Waals surface area contributed by atoms with Gasteiger partial charge in [-0.3, -0.25) is 4.79 Å². The molecule has 1 atom stereocenters. The van der Waals surface area contributed by atoms with Gasteiger partial charge in [0.2, 0.25) is 5.91 Å². The van der Waals surface area contributed by atoms with Crippen LogP contribution in [0.1, 0.15) is 41.0 Å². The van der Waals surface area contributed by atoms with E-state index < -0.39 is 0 Å². The molecule has 5 heteroatoms. The lowest BCUT2D eigenvalue weighted by Crippen LogP contribution is -2.31. The van der Waals surface area contributed by atoms with Crippen LogP contribution in [0.5, 0.6) is 0 Å². The second-order valence-corrected chi connectivity index (χ2v) is 6.77. The quantitative estimate of drug-likeness (QED) is 0.772. The summed E-state index contributed by atoms with van der Waals surface area (Å²) in [4.78, 5) is 16.6. The molecule has 0 aliphatic heterocycles. The van der Waals surface area contributed by atoms with Gasteiger partial charge in [0.05, 0.1) is 12.5 Å². The van der Waals surface area contributed by atoms with Gasteiger partial charge in [0.15, 0.2) is 0 Å². The second kappa shape index (κ2) is 7.52. The summed E-state index contributed by atoms with van der Waals surface area (Å²) in [5.74, 6) is 0.107. The molecule has 0 bridgehead atoms. The minimum absolute atomic E-state index is 0.0217. The van der Waals surface area contributed by atoms with Crippen LogP contribution < -0.4 is 5.32 Å². The fourth-order valence-electron chi connectivity index (χ4n) is 3.60. The third-order valence-electron chi connectivity index (χ3n) is 4.99. The maximum Gasteiger partial charge on any atom is 0.227 e. The molecule has 1 aromatic heterocycles. The maximum atomic E-state index is 12.7. The van der Waals surface area contributed by atoms with Crippen LogP contribution in [0.25, 0.3) is 0 Å². The summed E-state index contributed by atoms with van der Waals surface area (Å²) < 4.78 is 1.79. The lowest BCUT2D eigenvalue weighted by molar-refractivity contribution is -0.123. The van der Waals surface area contributed by atoms with Crippen molar-refractivity contribution in [2.45, 2.75) is 38.3 Å². The van der Waals surface area contributed by atoms with E-state index in [0.29, 0.717) is 13.1 Å². The fourth-order valence-corrected chi connectivity index (χ4v) is 3.60. The number of rotatable bonds is 5. The van der Waals surface area contributed by atoms with Gasteiger partial charge in [0.25, 0.3) is 0 Å². The molecular weight excluding hydrogens is 324 g/mol. The number of nitrogens with one attached hydrogen (secondary N) is 1. The van der Waals surface area contributed by atoms with Crippen LogP contribution in [-0.4, -0.2) is 20.7 Å². The summed E-state index contributed by atoms with van der Waals surface area (Å²) in [6, 6.07) is 16.6. The van der Waals surface area contributed by atoms with Crippen molar-refractivity contribution in [1.29, 1.82) is 0 Å². The highest BCUT2D eigenvalue weighted by molar-refractivity contribution is 5.84. The van der Waals surface area contributed by atoms with Crippen molar-refractivity contribution in [2.24, 2.45) is 0 Å². The van der Waals surface area contributed by atoms with E-state index in [0.717, 1.165) is 30.4 Å².